The molecule has 0 unspecified atom stereocenters. The first-order chi connectivity index (χ1) is 3.73. The average Bonchev–Trinajstić information content (AvgIpc) is 1.19. The van der Waals surface area contributed by atoms with Crippen molar-refractivity contribution in [2.24, 2.45) is 0 Å². The smallest absolute Gasteiger partial charge is 0.861 e. The molecule has 6 nitrogen and oxygen atoms in total. The zero-order valence-electron chi connectivity index (χ0n) is 6.23. The monoisotopic (exact) mass is 330 g/mol. The molecule has 0 aliphatic rings. The molecule has 0 spiro atoms. The van der Waals surface area contributed by atoms with Crippen LogP contribution in [0.2, 0.25) is 0 Å². The summed E-state index contributed by atoms with van der Waals surface area (Å²) in [5.41, 5.74) is 0. The van der Waals surface area contributed by atoms with Crippen LogP contribution in [0, 0.1) is 0 Å². The summed E-state index contributed by atoms with van der Waals surface area (Å²) in [6, 6.07) is 0. The Bertz CT molecular complexity index is 83.1. The van der Waals surface area contributed by atoms with E-state index in [0.717, 1.165) is 6.92 Å². The summed E-state index contributed by atoms with van der Waals surface area (Å²) in [6.45, 7) is 1.08. The molecule has 0 atom stereocenters. The van der Waals surface area contributed by atoms with Gasteiger partial charge in [-0.25, -0.2) is 0 Å². The summed E-state index contributed by atoms with van der Waals surface area (Å²) in [6.07, 6.45) is 0. The third-order valence-electron chi connectivity index (χ3n) is 0. The number of rotatable bonds is 0. The quantitative estimate of drug-likeness (QED) is 0.425. The van der Waals surface area contributed by atoms with E-state index in [2.05, 4.69) is 0 Å². The van der Waals surface area contributed by atoms with Gasteiger partial charge in [-0.05, 0) is 0 Å². The zero-order chi connectivity index (χ0) is 8.08. The SMILES string of the molecule is CC(=O)O.[Ba+2].[K+].[O-][Si]([O-])([O-])O. The van der Waals surface area contributed by atoms with Crippen molar-refractivity contribution in [1.29, 1.82) is 0 Å². The normalized spacial score (nSPS) is 7.73. The molecule has 0 aromatic heterocycles. The molecule has 0 saturated carbocycles. The van der Waals surface area contributed by atoms with Gasteiger partial charge in [-0.3, -0.25) is 4.79 Å². The first-order valence-electron chi connectivity index (χ1n) is 1.76. The molecule has 0 fully saturated rings. The van der Waals surface area contributed by atoms with Gasteiger partial charge in [0, 0.05) is 6.92 Å². The van der Waals surface area contributed by atoms with Crippen LogP contribution in [0.5, 0.6) is 0 Å². The Hall–Kier alpha value is 2.73. The van der Waals surface area contributed by atoms with E-state index in [-0.39, 0.29) is 100 Å². The van der Waals surface area contributed by atoms with Crippen molar-refractivity contribution in [3.8, 4) is 0 Å². The molecular weight excluding hydrogens is 325 g/mol. The number of carboxylic acids is 1. The van der Waals surface area contributed by atoms with Crippen molar-refractivity contribution in [3.63, 3.8) is 0 Å². The van der Waals surface area contributed by atoms with E-state index >= 15 is 0 Å². The van der Waals surface area contributed by atoms with Crippen LogP contribution >= 0.6 is 0 Å². The Morgan fingerprint density at radius 3 is 1.36 bits per heavy atom. The maximum Gasteiger partial charge on any atom is 2.00 e. The number of hydrogen-bond acceptors (Lipinski definition) is 5. The van der Waals surface area contributed by atoms with Gasteiger partial charge in [0.2, 0.25) is 0 Å². The molecule has 0 radical (unpaired) electrons. The molecule has 0 aliphatic carbocycles. The first kappa shape index (κ1) is 23.5. The second-order valence-corrected chi connectivity index (χ2v) is 2.09. The van der Waals surface area contributed by atoms with E-state index in [1.165, 1.54) is 0 Å². The van der Waals surface area contributed by atoms with E-state index in [1.807, 2.05) is 0 Å². The van der Waals surface area contributed by atoms with Crippen LogP contribution in [0.1, 0.15) is 6.92 Å². The van der Waals surface area contributed by atoms with E-state index < -0.39 is 15.0 Å². The molecule has 0 saturated heterocycles. The number of carboxylic acid groups (broad SMARTS) is 1. The third-order valence-corrected chi connectivity index (χ3v) is 0. The fraction of sp³-hybridized carbons (Fsp3) is 0.500. The minimum Gasteiger partial charge on any atom is -0.861 e. The Morgan fingerprint density at radius 2 is 1.36 bits per heavy atom. The minimum absolute atomic E-state index is 0. The molecular formula is C2H5BaKO6Si. The van der Waals surface area contributed by atoms with E-state index in [1.54, 1.807) is 0 Å². The van der Waals surface area contributed by atoms with Crippen molar-refractivity contribution >= 4 is 63.9 Å². The molecule has 0 amide bonds. The van der Waals surface area contributed by atoms with Gasteiger partial charge >= 0.3 is 100 Å². The van der Waals surface area contributed by atoms with Crippen LogP contribution < -0.4 is 65.8 Å². The molecule has 0 rings (SSSR count). The van der Waals surface area contributed by atoms with E-state index in [0.29, 0.717) is 0 Å². The summed E-state index contributed by atoms with van der Waals surface area (Å²) >= 11 is 0. The number of hydrogen-bond donors (Lipinski definition) is 2. The van der Waals surface area contributed by atoms with E-state index in [4.69, 9.17) is 29.1 Å². The van der Waals surface area contributed by atoms with Crippen LogP contribution in [0.25, 0.3) is 0 Å². The Kier molecular flexibility index (Phi) is 27.2. The zero-order valence-corrected chi connectivity index (χ0v) is 14.8. The summed E-state index contributed by atoms with van der Waals surface area (Å²) in [5, 5.41) is 7.42. The molecule has 0 aromatic rings. The van der Waals surface area contributed by atoms with Crippen molar-refractivity contribution in [3.05, 3.63) is 0 Å². The van der Waals surface area contributed by atoms with Gasteiger partial charge in [0.05, 0.1) is 0 Å². The van der Waals surface area contributed by atoms with Crippen LogP contribution in [0.15, 0.2) is 0 Å². The van der Waals surface area contributed by atoms with Crippen LogP contribution in [-0.2, 0) is 4.79 Å². The second-order valence-electron chi connectivity index (χ2n) is 1.04. The van der Waals surface area contributed by atoms with Crippen molar-refractivity contribution in [1.82, 2.24) is 0 Å². The van der Waals surface area contributed by atoms with Crippen molar-refractivity contribution in [2.75, 3.05) is 0 Å². The summed E-state index contributed by atoms with van der Waals surface area (Å²) in [7, 11) is -5.36. The van der Waals surface area contributed by atoms with Gasteiger partial charge < -0.3 is 24.3 Å². The predicted molar refractivity (Wildman–Crippen MR) is 27.0 cm³/mol. The maximum atomic E-state index is 9.00. The Morgan fingerprint density at radius 1 is 1.36 bits per heavy atom. The Labute approximate surface area is 148 Å². The molecule has 0 aromatic carbocycles. The summed E-state index contributed by atoms with van der Waals surface area (Å²) in [5.74, 6) is -0.833. The van der Waals surface area contributed by atoms with Crippen molar-refractivity contribution in [2.45, 2.75) is 6.92 Å². The molecule has 0 aliphatic heterocycles. The number of carbonyl (C=O) groups is 1. The van der Waals surface area contributed by atoms with Gasteiger partial charge in [-0.2, -0.15) is 0 Å². The fourth-order valence-electron chi connectivity index (χ4n) is 0. The molecule has 0 heterocycles. The first-order valence-corrected chi connectivity index (χ1v) is 3.44. The van der Waals surface area contributed by atoms with Gasteiger partial charge in [-0.1, -0.05) is 0 Å². The fourth-order valence-corrected chi connectivity index (χ4v) is 0. The van der Waals surface area contributed by atoms with E-state index in [9.17, 15) is 0 Å². The average molecular weight is 330 g/mol. The van der Waals surface area contributed by atoms with Gasteiger partial charge in [-0.15, -0.1) is 9.05 Å². The summed E-state index contributed by atoms with van der Waals surface area (Å²) in [4.78, 5) is 42.1. The van der Waals surface area contributed by atoms with Crippen LogP contribution in [0.3, 0.4) is 0 Å². The van der Waals surface area contributed by atoms with Gasteiger partial charge in [0.1, 0.15) is 0 Å². The molecule has 0 bridgehead atoms. The second kappa shape index (κ2) is 12.7. The molecule has 56 valence electrons. The Balaban J connectivity index is -0.0000000383. The van der Waals surface area contributed by atoms with Gasteiger partial charge in [0.25, 0.3) is 5.97 Å². The predicted octanol–water partition coefficient (Wildman–Crippen LogP) is -7.79. The molecule has 2 N–H and O–H groups in total. The number of aliphatic carboxylic acids is 1. The maximum absolute atomic E-state index is 9.00. The standard InChI is InChI=1S/C2H4O2.Ba.K.HO4Si/c1-2(3)4;;;1-5(2,3)4/h1H3,(H,3,4);;;1H/q;+2;+1;-3. The molecule has 11 heavy (non-hydrogen) atoms. The minimum atomic E-state index is -5.36. The third kappa shape index (κ3) is 196. The van der Waals surface area contributed by atoms with Crippen LogP contribution in [0.4, 0.5) is 0 Å². The summed E-state index contributed by atoms with van der Waals surface area (Å²) < 4.78 is 0. The van der Waals surface area contributed by atoms with Gasteiger partial charge in [0.15, 0.2) is 0 Å². The largest absolute Gasteiger partial charge is 2.00 e. The molecule has 9 heteroatoms. The van der Waals surface area contributed by atoms with Crippen molar-refractivity contribution < 1.29 is 80.5 Å². The topological polar surface area (TPSA) is 127 Å². The van der Waals surface area contributed by atoms with Crippen LogP contribution in [-0.4, -0.2) is 73.8 Å².